The molecule has 2 aromatic carbocycles. The first-order valence-corrected chi connectivity index (χ1v) is 12.4. The molecule has 2 aliphatic heterocycles. The van der Waals surface area contributed by atoms with Gasteiger partial charge in [0.15, 0.2) is 0 Å². The number of carbonyl (C=O) groups is 4. The van der Waals surface area contributed by atoms with Crippen molar-refractivity contribution in [2.24, 2.45) is 29.6 Å². The molecule has 0 N–H and O–H groups in total. The molecule has 7 nitrogen and oxygen atoms in total. The van der Waals surface area contributed by atoms with Gasteiger partial charge in [0.1, 0.15) is 5.75 Å². The van der Waals surface area contributed by atoms with Gasteiger partial charge in [-0.05, 0) is 92.5 Å². The van der Waals surface area contributed by atoms with E-state index in [0.717, 1.165) is 36.1 Å². The van der Waals surface area contributed by atoms with Crippen LogP contribution in [0.25, 0.3) is 0 Å². The van der Waals surface area contributed by atoms with Crippen LogP contribution in [0.5, 0.6) is 5.75 Å². The van der Waals surface area contributed by atoms with E-state index in [9.17, 15) is 19.2 Å². The van der Waals surface area contributed by atoms with E-state index in [1.54, 1.807) is 29.2 Å². The van der Waals surface area contributed by atoms with Crippen LogP contribution in [0, 0.1) is 43.4 Å². The third-order valence-corrected chi connectivity index (χ3v) is 8.22. The van der Waals surface area contributed by atoms with Gasteiger partial charge in [-0.25, -0.2) is 0 Å². The Bertz CT molecular complexity index is 1200. The molecule has 35 heavy (non-hydrogen) atoms. The van der Waals surface area contributed by atoms with Crippen LogP contribution in [0.1, 0.15) is 36.8 Å². The Kier molecular flexibility index (Phi) is 5.06. The molecule has 2 aromatic rings. The Labute approximate surface area is 204 Å². The lowest BCUT2D eigenvalue weighted by atomic mass is 9.81. The molecule has 2 saturated heterocycles. The second-order valence-electron chi connectivity index (χ2n) is 10.6. The van der Waals surface area contributed by atoms with Crippen molar-refractivity contribution < 1.29 is 23.9 Å². The third kappa shape index (κ3) is 3.56. The number of hydrogen-bond acceptors (Lipinski definition) is 5. The fourth-order valence-electron chi connectivity index (χ4n) is 6.75. The van der Waals surface area contributed by atoms with Crippen molar-refractivity contribution in [3.63, 3.8) is 0 Å². The minimum Gasteiger partial charge on any atom is -0.426 e. The summed E-state index contributed by atoms with van der Waals surface area (Å²) in [5, 5.41) is 0. The molecule has 6 rings (SSSR count). The highest BCUT2D eigenvalue weighted by Gasteiger charge is 2.61. The number of hydrogen-bond donors (Lipinski definition) is 0. The number of rotatable bonds is 4. The van der Waals surface area contributed by atoms with Gasteiger partial charge in [-0.2, -0.15) is 0 Å². The predicted octanol–water partition coefficient (Wildman–Crippen LogP) is 3.80. The van der Waals surface area contributed by atoms with Crippen LogP contribution in [-0.2, 0) is 19.2 Å². The normalized spacial score (nSPS) is 29.3. The molecule has 180 valence electrons. The van der Waals surface area contributed by atoms with Crippen molar-refractivity contribution in [3.8, 4) is 5.75 Å². The van der Waals surface area contributed by atoms with Crippen molar-refractivity contribution in [3.05, 3.63) is 53.6 Å². The van der Waals surface area contributed by atoms with E-state index in [0.29, 0.717) is 23.3 Å². The second kappa shape index (κ2) is 8.04. The molecule has 2 aliphatic carbocycles. The minimum absolute atomic E-state index is 0.0899. The molecular weight excluding hydrogens is 444 g/mol. The highest BCUT2D eigenvalue weighted by molar-refractivity contribution is 6.22. The monoisotopic (exact) mass is 472 g/mol. The molecule has 3 amide bonds. The van der Waals surface area contributed by atoms with E-state index in [1.165, 1.54) is 4.90 Å². The maximum absolute atomic E-state index is 13.0. The van der Waals surface area contributed by atoms with Gasteiger partial charge < -0.3 is 9.64 Å². The molecule has 0 aromatic heterocycles. The van der Waals surface area contributed by atoms with Gasteiger partial charge in [0.05, 0.1) is 23.4 Å². The minimum atomic E-state index is -0.556. The summed E-state index contributed by atoms with van der Waals surface area (Å²) in [6.45, 7) is 4.24. The van der Waals surface area contributed by atoms with Crippen LogP contribution < -0.4 is 14.5 Å². The molecule has 2 heterocycles. The number of ether oxygens (including phenoxy) is 1. The summed E-state index contributed by atoms with van der Waals surface area (Å²) in [5.74, 6) is -0.628. The van der Waals surface area contributed by atoms with Crippen molar-refractivity contribution in [2.45, 2.75) is 39.5 Å². The van der Waals surface area contributed by atoms with E-state index in [4.69, 9.17) is 4.74 Å². The van der Waals surface area contributed by atoms with Gasteiger partial charge in [0.2, 0.25) is 17.7 Å². The molecule has 7 heteroatoms. The molecular formula is C28H28N2O5. The summed E-state index contributed by atoms with van der Waals surface area (Å²) in [7, 11) is 0. The summed E-state index contributed by atoms with van der Waals surface area (Å²) in [6.07, 6.45) is 3.18. The number of fused-ring (bicyclic) bond motifs is 5. The lowest BCUT2D eigenvalue weighted by Gasteiger charge is -2.19. The smallest absolute Gasteiger partial charge is 0.316 e. The van der Waals surface area contributed by atoms with Crippen molar-refractivity contribution in [1.29, 1.82) is 0 Å². The van der Waals surface area contributed by atoms with Crippen molar-refractivity contribution in [1.82, 2.24) is 0 Å². The SMILES string of the molecule is Cc1cc(C)cc(N2C[C@H](C(=O)Oc3ccc(N4C(=O)[C@H]5[C@@H]6CC[C@@H](C6)[C@@H]5C4=O)cc3)CC2=O)c1. The zero-order chi connectivity index (χ0) is 24.4. The standard InChI is InChI=1S/C28H28N2O5/c1-15-9-16(2)11-21(10-15)29-14-19(13-23(29)31)28(34)35-22-7-5-20(6-8-22)30-26(32)24-17-3-4-18(12-17)25(24)27(30)33/h5-11,17-19,24-25H,3-4,12-14H2,1-2H3/t17-,18+,19-,24+,25+/m1/s1. The van der Waals surface area contributed by atoms with Gasteiger partial charge in [-0.15, -0.1) is 0 Å². The van der Waals surface area contributed by atoms with E-state index < -0.39 is 11.9 Å². The zero-order valence-corrected chi connectivity index (χ0v) is 19.9. The fraction of sp³-hybridized carbons (Fsp3) is 0.429. The largest absolute Gasteiger partial charge is 0.426 e. The predicted molar refractivity (Wildman–Crippen MR) is 129 cm³/mol. The average molecular weight is 473 g/mol. The molecule has 2 saturated carbocycles. The summed E-state index contributed by atoms with van der Waals surface area (Å²) in [4.78, 5) is 54.4. The van der Waals surface area contributed by atoms with Crippen LogP contribution in [-0.4, -0.2) is 30.2 Å². The Morgan fingerprint density at radius 2 is 1.46 bits per heavy atom. The zero-order valence-electron chi connectivity index (χ0n) is 19.9. The molecule has 5 atom stereocenters. The van der Waals surface area contributed by atoms with Crippen molar-refractivity contribution in [2.75, 3.05) is 16.3 Å². The number of benzene rings is 2. The topological polar surface area (TPSA) is 84.0 Å². The van der Waals surface area contributed by atoms with Crippen LogP contribution in [0.3, 0.4) is 0 Å². The van der Waals surface area contributed by atoms with Crippen LogP contribution >= 0.6 is 0 Å². The Balaban J connectivity index is 1.13. The number of aryl methyl sites for hydroxylation is 2. The van der Waals surface area contributed by atoms with E-state index >= 15 is 0 Å². The summed E-state index contributed by atoms with van der Waals surface area (Å²) in [6, 6.07) is 12.4. The van der Waals surface area contributed by atoms with Gasteiger partial charge in [-0.3, -0.25) is 24.1 Å². The lowest BCUT2D eigenvalue weighted by Crippen LogP contribution is -2.32. The maximum Gasteiger partial charge on any atom is 0.316 e. The number of esters is 1. The van der Waals surface area contributed by atoms with E-state index in [2.05, 4.69) is 0 Å². The molecule has 0 spiro atoms. The highest BCUT2D eigenvalue weighted by atomic mass is 16.5. The average Bonchev–Trinajstić information content (AvgIpc) is 3.57. The molecule has 4 aliphatic rings. The quantitative estimate of drug-likeness (QED) is 0.384. The first kappa shape index (κ1) is 22.0. The van der Waals surface area contributed by atoms with Gasteiger partial charge in [0, 0.05) is 18.7 Å². The maximum atomic E-state index is 13.0. The van der Waals surface area contributed by atoms with E-state index in [1.807, 2.05) is 32.0 Å². The number of imide groups is 1. The first-order chi connectivity index (χ1) is 16.8. The second-order valence-corrected chi connectivity index (χ2v) is 10.6. The highest BCUT2D eigenvalue weighted by Crippen LogP contribution is 2.56. The molecule has 4 fully saturated rings. The number of anilines is 2. The third-order valence-electron chi connectivity index (χ3n) is 8.22. The van der Waals surface area contributed by atoms with Gasteiger partial charge >= 0.3 is 5.97 Å². The van der Waals surface area contributed by atoms with Crippen molar-refractivity contribution >= 4 is 35.1 Å². The van der Waals surface area contributed by atoms with Gasteiger partial charge in [0.25, 0.3) is 0 Å². The molecule has 0 radical (unpaired) electrons. The number of amides is 3. The molecule has 2 bridgehead atoms. The Hall–Kier alpha value is -3.48. The van der Waals surface area contributed by atoms with Crippen LogP contribution in [0.2, 0.25) is 0 Å². The Morgan fingerprint density at radius 3 is 2.06 bits per heavy atom. The summed E-state index contributed by atoms with van der Waals surface area (Å²) >= 11 is 0. The van der Waals surface area contributed by atoms with E-state index in [-0.39, 0.29) is 42.5 Å². The summed E-state index contributed by atoms with van der Waals surface area (Å²) < 4.78 is 5.56. The Morgan fingerprint density at radius 1 is 0.857 bits per heavy atom. The van der Waals surface area contributed by atoms with Crippen LogP contribution in [0.4, 0.5) is 11.4 Å². The fourth-order valence-corrected chi connectivity index (χ4v) is 6.75. The van der Waals surface area contributed by atoms with Gasteiger partial charge in [-0.1, -0.05) is 6.07 Å². The first-order valence-electron chi connectivity index (χ1n) is 12.4. The summed E-state index contributed by atoms with van der Waals surface area (Å²) in [5.41, 5.74) is 3.44. The molecule has 0 unspecified atom stereocenters. The number of carbonyl (C=O) groups excluding carboxylic acids is 4. The number of nitrogens with zero attached hydrogens (tertiary/aromatic N) is 2. The van der Waals surface area contributed by atoms with Crippen LogP contribution in [0.15, 0.2) is 42.5 Å². The lowest BCUT2D eigenvalue weighted by molar-refractivity contribution is -0.139.